The van der Waals surface area contributed by atoms with Crippen LogP contribution in [0.3, 0.4) is 0 Å². The Labute approximate surface area is 147 Å². The van der Waals surface area contributed by atoms with E-state index in [9.17, 15) is 9.59 Å². The van der Waals surface area contributed by atoms with E-state index in [0.29, 0.717) is 10.9 Å². The Kier molecular flexibility index (Phi) is 12.5. The van der Waals surface area contributed by atoms with Gasteiger partial charge in [-0.1, -0.05) is 44.9 Å². The first-order valence-electron chi connectivity index (χ1n) is 8.08. The van der Waals surface area contributed by atoms with Crippen LogP contribution < -0.4 is 5.43 Å². The van der Waals surface area contributed by atoms with E-state index in [0.717, 1.165) is 0 Å². The topological polar surface area (TPSA) is 56.3 Å². The second-order valence-electron chi connectivity index (χ2n) is 6.29. The van der Waals surface area contributed by atoms with Crippen molar-refractivity contribution < 1.29 is 9.53 Å². The number of ether oxygens (including phenoxy) is 1. The van der Waals surface area contributed by atoms with Crippen LogP contribution in [0.1, 0.15) is 65.7 Å². The van der Waals surface area contributed by atoms with Crippen LogP contribution in [0.4, 0.5) is 0 Å². The van der Waals surface area contributed by atoms with Crippen LogP contribution in [0.25, 0.3) is 0 Å². The smallest absolute Gasteiger partial charge is 0.293 e. The molecule has 0 saturated heterocycles. The summed E-state index contributed by atoms with van der Waals surface area (Å²) in [4.78, 5) is 24.1. The highest BCUT2D eigenvalue weighted by molar-refractivity contribution is 9.10. The highest BCUT2D eigenvalue weighted by Gasteiger charge is 2.07. The van der Waals surface area contributed by atoms with Crippen molar-refractivity contribution >= 4 is 22.4 Å². The molecule has 1 fully saturated rings. The fourth-order valence-electron chi connectivity index (χ4n) is 1.81. The van der Waals surface area contributed by atoms with Crippen LogP contribution in [0, 0.1) is 0 Å². The molecule has 1 aromatic heterocycles. The molecule has 23 heavy (non-hydrogen) atoms. The number of hydrogen-bond acceptors (Lipinski definition) is 4. The number of carbonyl (C=O) groups is 1. The highest BCUT2D eigenvalue weighted by atomic mass is 79.9. The standard InChI is InChI=1S/C7H14.C6H4BrNO.C5H10O2/c1-2-4-6-7-5-3-1;7-5-1-3-8-4-2-6(5)9;1-5(2,3)7-4-6/h1-7H2;1-4H;4H,1-3H3. The van der Waals surface area contributed by atoms with Crippen molar-refractivity contribution in [2.45, 2.75) is 71.3 Å². The lowest BCUT2D eigenvalue weighted by Gasteiger charge is -2.14. The van der Waals surface area contributed by atoms with E-state index in [1.165, 1.54) is 57.2 Å². The molecule has 0 amide bonds. The molecule has 0 spiro atoms. The third-order valence-electron chi connectivity index (χ3n) is 3.01. The number of hydrogen-bond donors (Lipinski definition) is 0. The summed E-state index contributed by atoms with van der Waals surface area (Å²) in [5.74, 6) is 0. The van der Waals surface area contributed by atoms with Gasteiger partial charge in [0.25, 0.3) is 6.47 Å². The van der Waals surface area contributed by atoms with Crippen molar-refractivity contribution in [2.24, 2.45) is 0 Å². The zero-order valence-electron chi connectivity index (χ0n) is 14.4. The largest absolute Gasteiger partial charge is 0.462 e. The summed E-state index contributed by atoms with van der Waals surface area (Å²) in [7, 11) is 0. The van der Waals surface area contributed by atoms with Gasteiger partial charge in [-0.2, -0.15) is 0 Å². The van der Waals surface area contributed by atoms with Crippen molar-refractivity contribution in [2.75, 3.05) is 0 Å². The van der Waals surface area contributed by atoms with Gasteiger partial charge in [-0.25, -0.2) is 0 Å². The molecule has 1 aliphatic rings. The van der Waals surface area contributed by atoms with Gasteiger partial charge in [0.15, 0.2) is 5.43 Å². The molecular weight excluding hydrogens is 358 g/mol. The van der Waals surface area contributed by atoms with Crippen LogP contribution in [-0.4, -0.2) is 17.1 Å². The third-order valence-corrected chi connectivity index (χ3v) is 3.66. The van der Waals surface area contributed by atoms with E-state index in [-0.39, 0.29) is 11.0 Å². The minimum absolute atomic E-state index is 0.0486. The van der Waals surface area contributed by atoms with Gasteiger partial charge >= 0.3 is 0 Å². The first-order chi connectivity index (χ1) is 10.9. The summed E-state index contributed by atoms with van der Waals surface area (Å²) in [5, 5.41) is 0. The number of carbonyl (C=O) groups excluding carboxylic acids is 1. The fourth-order valence-corrected chi connectivity index (χ4v) is 2.06. The molecule has 1 saturated carbocycles. The lowest BCUT2D eigenvalue weighted by Crippen LogP contribution is -2.17. The van der Waals surface area contributed by atoms with Gasteiger partial charge in [0.1, 0.15) is 5.60 Å². The molecule has 4 nitrogen and oxygen atoms in total. The molecule has 2 rings (SSSR count). The molecule has 5 heteroatoms. The van der Waals surface area contributed by atoms with Gasteiger partial charge in [-0.15, -0.1) is 0 Å². The Morgan fingerprint density at radius 3 is 1.78 bits per heavy atom. The Morgan fingerprint density at radius 2 is 1.43 bits per heavy atom. The molecule has 1 aliphatic carbocycles. The maximum absolute atomic E-state index is 10.7. The Hall–Kier alpha value is -1.23. The van der Waals surface area contributed by atoms with Crippen molar-refractivity contribution in [3.05, 3.63) is 39.2 Å². The molecule has 1 heterocycles. The van der Waals surface area contributed by atoms with Crippen LogP contribution in [0.15, 0.2) is 33.8 Å². The van der Waals surface area contributed by atoms with Gasteiger partial charge in [0.05, 0.1) is 4.47 Å². The summed E-state index contributed by atoms with van der Waals surface area (Å²) in [6.07, 6.45) is 13.5. The van der Waals surface area contributed by atoms with Crippen LogP contribution in [0.5, 0.6) is 0 Å². The molecular formula is C18H28BrNO3. The lowest BCUT2D eigenvalue weighted by atomic mass is 10.2. The normalized spacial score (nSPS) is 14.1. The SMILES string of the molecule is C1CCCCCC1.CC(C)(C)OC=O.O=c1ccnccc1Br. The Morgan fingerprint density at radius 1 is 1.00 bits per heavy atom. The van der Waals surface area contributed by atoms with E-state index < -0.39 is 0 Å². The first kappa shape index (κ1) is 21.8. The van der Waals surface area contributed by atoms with Crippen LogP contribution in [0.2, 0.25) is 0 Å². The van der Waals surface area contributed by atoms with E-state index in [2.05, 4.69) is 25.7 Å². The van der Waals surface area contributed by atoms with Crippen molar-refractivity contribution in [3.8, 4) is 0 Å². The van der Waals surface area contributed by atoms with Crippen LogP contribution in [-0.2, 0) is 9.53 Å². The van der Waals surface area contributed by atoms with Crippen LogP contribution >= 0.6 is 15.9 Å². The van der Waals surface area contributed by atoms with Crippen molar-refractivity contribution in [1.29, 1.82) is 0 Å². The molecule has 130 valence electrons. The van der Waals surface area contributed by atoms with Gasteiger partial charge in [-0.3, -0.25) is 14.6 Å². The molecule has 0 aliphatic heterocycles. The summed E-state index contributed by atoms with van der Waals surface area (Å²) < 4.78 is 5.09. The number of aromatic nitrogens is 1. The fraction of sp³-hybridized carbons (Fsp3) is 0.611. The minimum atomic E-state index is -0.318. The molecule has 0 radical (unpaired) electrons. The van der Waals surface area contributed by atoms with E-state index in [4.69, 9.17) is 0 Å². The zero-order chi connectivity index (χ0) is 17.6. The molecule has 0 aromatic carbocycles. The van der Waals surface area contributed by atoms with Gasteiger partial charge in [-0.05, 0) is 42.8 Å². The molecule has 0 unspecified atom stereocenters. The van der Waals surface area contributed by atoms with E-state index in [1.807, 2.05) is 20.8 Å². The zero-order valence-corrected chi connectivity index (χ0v) is 16.0. The van der Waals surface area contributed by atoms with Gasteiger partial charge in [0.2, 0.25) is 0 Å². The molecule has 0 bridgehead atoms. The summed E-state index contributed by atoms with van der Waals surface area (Å²) >= 11 is 3.07. The average molecular weight is 386 g/mol. The van der Waals surface area contributed by atoms with Gasteiger partial charge < -0.3 is 4.74 Å². The summed E-state index contributed by atoms with van der Waals surface area (Å²) in [6.45, 7) is 5.92. The minimum Gasteiger partial charge on any atom is -0.462 e. The quantitative estimate of drug-likeness (QED) is 0.509. The maximum atomic E-state index is 10.7. The monoisotopic (exact) mass is 385 g/mol. The lowest BCUT2D eigenvalue weighted by molar-refractivity contribution is -0.138. The second kappa shape index (κ2) is 13.2. The first-order valence-corrected chi connectivity index (χ1v) is 8.87. The number of nitrogens with zero attached hydrogens (tertiary/aromatic N) is 1. The number of halogens is 1. The molecule has 0 atom stereocenters. The van der Waals surface area contributed by atoms with Gasteiger partial charge in [0, 0.05) is 18.5 Å². The molecule has 1 aromatic rings. The number of rotatable bonds is 1. The summed E-state index contributed by atoms with van der Waals surface area (Å²) in [5.41, 5.74) is -0.366. The van der Waals surface area contributed by atoms with E-state index >= 15 is 0 Å². The second-order valence-corrected chi connectivity index (χ2v) is 7.15. The maximum Gasteiger partial charge on any atom is 0.293 e. The predicted octanol–water partition coefficient (Wildman–Crippen LogP) is 4.89. The van der Waals surface area contributed by atoms with Crippen molar-refractivity contribution in [1.82, 2.24) is 4.98 Å². The predicted molar refractivity (Wildman–Crippen MR) is 97.4 cm³/mol. The Balaban J connectivity index is 0.000000320. The van der Waals surface area contributed by atoms with Crippen molar-refractivity contribution in [3.63, 3.8) is 0 Å². The summed E-state index contributed by atoms with van der Waals surface area (Å²) in [6, 6.07) is 3.02. The third kappa shape index (κ3) is 15.4. The Bertz CT molecular complexity index is 467. The highest BCUT2D eigenvalue weighted by Crippen LogP contribution is 2.15. The average Bonchev–Trinajstić information content (AvgIpc) is 2.86. The van der Waals surface area contributed by atoms with E-state index in [1.54, 1.807) is 12.3 Å². The molecule has 0 N–H and O–H groups in total.